The fourth-order valence-electron chi connectivity index (χ4n) is 4.89. The molecule has 0 N–H and O–H groups in total. The second kappa shape index (κ2) is 16.1. The number of rotatable bonds is 16. The number of aryl methyl sites for hydroxylation is 2. The van der Waals surface area contributed by atoms with Gasteiger partial charge in [-0.2, -0.15) is 0 Å². The number of hydrogen-bond acceptors (Lipinski definition) is 2. The fraction of sp³-hybridized carbons (Fsp3) is 0.457. The van der Waals surface area contributed by atoms with E-state index in [1.165, 1.54) is 62.1 Å². The van der Waals surface area contributed by atoms with E-state index in [2.05, 4.69) is 50.2 Å². The fourth-order valence-corrected chi connectivity index (χ4v) is 4.89. The van der Waals surface area contributed by atoms with E-state index in [0.717, 1.165) is 30.4 Å². The van der Waals surface area contributed by atoms with Crippen molar-refractivity contribution in [1.82, 2.24) is 0 Å². The van der Waals surface area contributed by atoms with Gasteiger partial charge in [0.25, 0.3) is 0 Å². The van der Waals surface area contributed by atoms with Crippen LogP contribution in [0.1, 0.15) is 118 Å². The molecule has 0 saturated carbocycles. The topological polar surface area (TPSA) is 26.3 Å². The minimum absolute atomic E-state index is 0.267. The van der Waals surface area contributed by atoms with Crippen molar-refractivity contribution in [3.63, 3.8) is 0 Å². The molecule has 3 aromatic carbocycles. The monoisotopic (exact) mass is 516 g/mol. The van der Waals surface area contributed by atoms with Crippen LogP contribution in [0.2, 0.25) is 0 Å². The molecule has 0 fully saturated rings. The zero-order valence-corrected chi connectivity index (χ0v) is 23.6. The molecule has 1 atom stereocenters. The summed E-state index contributed by atoms with van der Waals surface area (Å²) in [6, 6.07) is 21.8. The van der Waals surface area contributed by atoms with Crippen LogP contribution < -0.4 is 0 Å². The maximum Gasteiger partial charge on any atom is 0.338 e. The first-order chi connectivity index (χ1) is 18.5. The first kappa shape index (κ1) is 29.6. The maximum atomic E-state index is 14.7. The van der Waals surface area contributed by atoms with Gasteiger partial charge in [-0.1, -0.05) is 120 Å². The number of carbonyl (C=O) groups excluding carboxylic acids is 1. The highest BCUT2D eigenvalue weighted by molar-refractivity contribution is 5.89. The largest absolute Gasteiger partial charge is 0.454 e. The van der Waals surface area contributed by atoms with Crippen molar-refractivity contribution >= 4 is 5.97 Å². The Labute approximate surface area is 229 Å². The van der Waals surface area contributed by atoms with Gasteiger partial charge in [-0.3, -0.25) is 0 Å². The Kier molecular flexibility index (Phi) is 12.6. The molecule has 0 amide bonds. The molecule has 0 aliphatic rings. The number of ether oxygens (including phenoxy) is 1. The van der Waals surface area contributed by atoms with Gasteiger partial charge in [-0.05, 0) is 72.1 Å². The van der Waals surface area contributed by atoms with E-state index in [4.69, 9.17) is 4.74 Å². The Bertz CT molecular complexity index is 1100. The van der Waals surface area contributed by atoms with Gasteiger partial charge in [0, 0.05) is 0 Å². The Balaban J connectivity index is 1.56. The summed E-state index contributed by atoms with van der Waals surface area (Å²) in [4.78, 5) is 12.8. The summed E-state index contributed by atoms with van der Waals surface area (Å²) in [5.74, 6) is -0.800. The summed E-state index contributed by atoms with van der Waals surface area (Å²) in [6.07, 6.45) is 12.9. The van der Waals surface area contributed by atoms with Gasteiger partial charge in [0.2, 0.25) is 0 Å². The Hall–Kier alpha value is -2.94. The molecule has 0 spiro atoms. The van der Waals surface area contributed by atoms with Gasteiger partial charge >= 0.3 is 5.97 Å². The second-order valence-electron chi connectivity index (χ2n) is 10.4. The predicted molar refractivity (Wildman–Crippen MR) is 157 cm³/mol. The first-order valence-corrected chi connectivity index (χ1v) is 14.7. The third-order valence-corrected chi connectivity index (χ3v) is 7.35. The van der Waals surface area contributed by atoms with Crippen molar-refractivity contribution in [2.75, 3.05) is 0 Å². The van der Waals surface area contributed by atoms with Crippen LogP contribution in [-0.2, 0) is 17.6 Å². The zero-order valence-electron chi connectivity index (χ0n) is 23.6. The molecule has 204 valence electrons. The van der Waals surface area contributed by atoms with Gasteiger partial charge in [0.15, 0.2) is 0 Å². The molecule has 0 saturated heterocycles. The minimum atomic E-state index is -0.482. The van der Waals surface area contributed by atoms with E-state index < -0.39 is 5.97 Å². The van der Waals surface area contributed by atoms with Gasteiger partial charge in [0.05, 0.1) is 5.56 Å². The highest BCUT2D eigenvalue weighted by atomic mass is 19.1. The Morgan fingerprint density at radius 1 is 0.711 bits per heavy atom. The molecule has 0 bridgehead atoms. The van der Waals surface area contributed by atoms with Gasteiger partial charge < -0.3 is 4.74 Å². The Morgan fingerprint density at radius 2 is 1.29 bits per heavy atom. The lowest BCUT2D eigenvalue weighted by Gasteiger charge is -2.17. The van der Waals surface area contributed by atoms with Gasteiger partial charge in [-0.25, -0.2) is 9.18 Å². The highest BCUT2D eigenvalue weighted by Gasteiger charge is 2.18. The van der Waals surface area contributed by atoms with Crippen LogP contribution in [0.5, 0.6) is 0 Å². The number of benzene rings is 3. The third-order valence-electron chi connectivity index (χ3n) is 7.35. The number of halogens is 1. The SMILES string of the molecule is CCCCCCCCc1ccc(C(=O)OC(CC)c2ccc(-c3ccc(CCCCC)cc3)cc2)cc1F. The number of unbranched alkanes of at least 4 members (excludes halogenated alkanes) is 7. The molecule has 3 rings (SSSR count). The van der Waals surface area contributed by atoms with Crippen LogP contribution >= 0.6 is 0 Å². The zero-order chi connectivity index (χ0) is 27.2. The average molecular weight is 517 g/mol. The Morgan fingerprint density at radius 3 is 1.92 bits per heavy atom. The van der Waals surface area contributed by atoms with Crippen LogP contribution in [0.15, 0.2) is 66.7 Å². The first-order valence-electron chi connectivity index (χ1n) is 14.7. The molecular formula is C35H45FO2. The molecule has 2 nitrogen and oxygen atoms in total. The van der Waals surface area contributed by atoms with Crippen molar-refractivity contribution in [3.8, 4) is 11.1 Å². The number of carbonyl (C=O) groups is 1. The summed E-state index contributed by atoms with van der Waals surface area (Å²) in [6.45, 7) is 6.43. The maximum absolute atomic E-state index is 14.7. The van der Waals surface area contributed by atoms with Crippen molar-refractivity contribution < 1.29 is 13.9 Å². The highest BCUT2D eigenvalue weighted by Crippen LogP contribution is 2.27. The van der Waals surface area contributed by atoms with E-state index >= 15 is 0 Å². The third kappa shape index (κ3) is 9.11. The molecule has 3 aromatic rings. The van der Waals surface area contributed by atoms with E-state index in [-0.39, 0.29) is 17.5 Å². The molecule has 0 heterocycles. The summed E-state index contributed by atoms with van der Waals surface area (Å²) < 4.78 is 20.5. The standard InChI is InChI=1S/C35H45FO2/c1-4-7-9-10-11-13-15-30-22-25-32(26-33(30)36)35(37)38-34(6-3)31-23-20-29(21-24-31)28-18-16-27(17-19-28)14-12-8-5-2/h16-26,34H,4-15H2,1-3H3. The summed E-state index contributed by atoms with van der Waals surface area (Å²) >= 11 is 0. The quantitative estimate of drug-likeness (QED) is 0.140. The lowest BCUT2D eigenvalue weighted by Crippen LogP contribution is -2.12. The molecule has 38 heavy (non-hydrogen) atoms. The van der Waals surface area contributed by atoms with Crippen LogP contribution in [0.25, 0.3) is 11.1 Å². The van der Waals surface area contributed by atoms with Gasteiger partial charge in [-0.15, -0.1) is 0 Å². The summed E-state index contributed by atoms with van der Waals surface area (Å²) in [5.41, 5.74) is 5.58. The normalized spacial score (nSPS) is 11.9. The minimum Gasteiger partial charge on any atom is -0.454 e. The van der Waals surface area contributed by atoms with Crippen molar-refractivity contribution in [1.29, 1.82) is 0 Å². The van der Waals surface area contributed by atoms with Crippen LogP contribution in [0.3, 0.4) is 0 Å². The molecule has 0 aromatic heterocycles. The average Bonchev–Trinajstić information content (AvgIpc) is 2.95. The second-order valence-corrected chi connectivity index (χ2v) is 10.4. The molecule has 1 unspecified atom stereocenters. The van der Waals surface area contributed by atoms with E-state index in [9.17, 15) is 9.18 Å². The molecule has 0 aliphatic heterocycles. The van der Waals surface area contributed by atoms with Crippen LogP contribution in [0, 0.1) is 5.82 Å². The van der Waals surface area contributed by atoms with E-state index in [1.54, 1.807) is 12.1 Å². The van der Waals surface area contributed by atoms with Crippen LogP contribution in [0.4, 0.5) is 4.39 Å². The number of hydrogen-bond donors (Lipinski definition) is 0. The molecular weight excluding hydrogens is 471 g/mol. The van der Waals surface area contributed by atoms with E-state index in [1.807, 2.05) is 19.1 Å². The summed E-state index contributed by atoms with van der Waals surface area (Å²) in [7, 11) is 0. The molecule has 3 heteroatoms. The van der Waals surface area contributed by atoms with Crippen molar-refractivity contribution in [3.05, 3.63) is 94.8 Å². The van der Waals surface area contributed by atoms with Crippen LogP contribution in [-0.4, -0.2) is 5.97 Å². The van der Waals surface area contributed by atoms with Gasteiger partial charge in [0.1, 0.15) is 11.9 Å². The van der Waals surface area contributed by atoms with E-state index in [0.29, 0.717) is 18.4 Å². The molecule has 0 radical (unpaired) electrons. The summed E-state index contributed by atoms with van der Waals surface area (Å²) in [5, 5.41) is 0. The lowest BCUT2D eigenvalue weighted by molar-refractivity contribution is 0.0287. The van der Waals surface area contributed by atoms with Crippen molar-refractivity contribution in [2.45, 2.75) is 104 Å². The number of esters is 1. The predicted octanol–water partition coefficient (Wildman–Crippen LogP) is 10.4. The van der Waals surface area contributed by atoms with Crippen molar-refractivity contribution in [2.24, 2.45) is 0 Å². The molecule has 0 aliphatic carbocycles. The lowest BCUT2D eigenvalue weighted by atomic mass is 9.99. The smallest absolute Gasteiger partial charge is 0.338 e.